The van der Waals surface area contributed by atoms with E-state index in [-0.39, 0.29) is 37.8 Å². The van der Waals surface area contributed by atoms with Crippen LogP contribution in [0.25, 0.3) is 22.6 Å². The largest absolute Gasteiger partial charge is 0.477 e. The summed E-state index contributed by atoms with van der Waals surface area (Å²) in [5, 5.41) is 14.3. The molecule has 9 heteroatoms. The van der Waals surface area contributed by atoms with E-state index in [1.165, 1.54) is 24.4 Å². The third-order valence-corrected chi connectivity index (χ3v) is 4.18. The summed E-state index contributed by atoms with van der Waals surface area (Å²) in [4.78, 5) is 15.6. The number of aromatic nitrogens is 2. The first-order valence-corrected chi connectivity index (χ1v) is 7.89. The lowest BCUT2D eigenvalue weighted by atomic mass is 10.0. The number of hydrogen-bond donors (Lipinski definition) is 1. The van der Waals surface area contributed by atoms with Crippen molar-refractivity contribution in [2.24, 2.45) is 0 Å². The van der Waals surface area contributed by atoms with Gasteiger partial charge in [0.15, 0.2) is 5.76 Å². The Balaban J connectivity index is 2.25. The highest BCUT2D eigenvalue weighted by Gasteiger charge is 2.27. The Hall–Kier alpha value is -1.79. The minimum absolute atomic E-state index is 0.000818. The van der Waals surface area contributed by atoms with Crippen molar-refractivity contribution in [3.63, 3.8) is 0 Å². The monoisotopic (exact) mass is 402 g/mol. The van der Waals surface area contributed by atoms with Crippen LogP contribution >= 0.6 is 46.4 Å². The molecule has 0 radical (unpaired) electrons. The number of pyridine rings is 1. The Morgan fingerprint density at radius 2 is 1.75 bits per heavy atom. The van der Waals surface area contributed by atoms with Gasteiger partial charge in [-0.25, -0.2) is 9.78 Å². The zero-order valence-corrected chi connectivity index (χ0v) is 14.6. The van der Waals surface area contributed by atoms with Crippen molar-refractivity contribution in [3.8, 4) is 22.6 Å². The van der Waals surface area contributed by atoms with Gasteiger partial charge in [0.2, 0.25) is 0 Å². The molecule has 0 saturated heterocycles. The van der Waals surface area contributed by atoms with Crippen molar-refractivity contribution in [2.45, 2.75) is 0 Å². The molecule has 0 atom stereocenters. The molecule has 1 N–H and O–H groups in total. The molecule has 0 unspecified atom stereocenters. The van der Waals surface area contributed by atoms with Crippen molar-refractivity contribution in [1.29, 1.82) is 0 Å². The highest BCUT2D eigenvalue weighted by molar-refractivity contribution is 6.42. The molecule has 24 heavy (non-hydrogen) atoms. The molecular formula is C15H6Cl4N2O3. The summed E-state index contributed by atoms with van der Waals surface area (Å²) < 4.78 is 5.21. The number of benzene rings is 1. The fourth-order valence-corrected chi connectivity index (χ4v) is 3.24. The number of rotatable bonds is 3. The Morgan fingerprint density at radius 3 is 2.29 bits per heavy atom. The summed E-state index contributed by atoms with van der Waals surface area (Å²) in [5.74, 6) is -1.23. The van der Waals surface area contributed by atoms with Gasteiger partial charge in [-0.1, -0.05) is 51.6 Å². The van der Waals surface area contributed by atoms with Crippen LogP contribution in [0.2, 0.25) is 20.2 Å². The number of nitrogens with zero attached hydrogens (tertiary/aromatic N) is 2. The van der Waals surface area contributed by atoms with Crippen LogP contribution in [0, 0.1) is 0 Å². The van der Waals surface area contributed by atoms with Crippen molar-refractivity contribution < 1.29 is 14.4 Å². The molecule has 1 aromatic carbocycles. The van der Waals surface area contributed by atoms with Gasteiger partial charge in [-0.05, 0) is 24.3 Å². The molecular weight excluding hydrogens is 398 g/mol. The predicted molar refractivity (Wildman–Crippen MR) is 92.2 cm³/mol. The van der Waals surface area contributed by atoms with Crippen molar-refractivity contribution >= 4 is 52.4 Å². The van der Waals surface area contributed by atoms with Crippen LogP contribution in [0.1, 0.15) is 10.4 Å². The van der Waals surface area contributed by atoms with Gasteiger partial charge < -0.3 is 9.63 Å². The predicted octanol–water partition coefficient (Wildman–Crippen LogP) is 5.72. The Kier molecular flexibility index (Phi) is 4.69. The van der Waals surface area contributed by atoms with E-state index < -0.39 is 5.97 Å². The fraction of sp³-hybridized carbons (Fsp3) is 0. The summed E-state index contributed by atoms with van der Waals surface area (Å²) in [6.07, 6.45) is 1.38. The van der Waals surface area contributed by atoms with Gasteiger partial charge in [-0.3, -0.25) is 0 Å². The molecule has 0 spiro atoms. The molecule has 5 nitrogen and oxygen atoms in total. The van der Waals surface area contributed by atoms with E-state index in [1.807, 2.05) is 0 Å². The molecule has 3 aromatic rings. The minimum atomic E-state index is -1.25. The molecule has 2 heterocycles. The van der Waals surface area contributed by atoms with Gasteiger partial charge in [0, 0.05) is 22.3 Å². The molecule has 122 valence electrons. The molecule has 0 fully saturated rings. The molecule has 0 saturated carbocycles. The van der Waals surface area contributed by atoms with Gasteiger partial charge in [-0.2, -0.15) is 0 Å². The third kappa shape index (κ3) is 3.08. The van der Waals surface area contributed by atoms with Gasteiger partial charge >= 0.3 is 5.97 Å². The highest BCUT2D eigenvalue weighted by Crippen LogP contribution is 2.40. The van der Waals surface area contributed by atoms with Gasteiger partial charge in [0.05, 0.1) is 10.0 Å². The SMILES string of the molecule is O=C(O)c1c(-c2c(Cl)cc(Cl)cc2Cl)noc1-c1ccc(Cl)nc1. The van der Waals surface area contributed by atoms with E-state index in [2.05, 4.69) is 10.1 Å². The van der Waals surface area contributed by atoms with Crippen molar-refractivity contribution in [3.05, 3.63) is 56.2 Å². The van der Waals surface area contributed by atoms with E-state index in [0.29, 0.717) is 10.6 Å². The zero-order chi connectivity index (χ0) is 17.4. The lowest BCUT2D eigenvalue weighted by Crippen LogP contribution is -2.00. The first-order chi connectivity index (χ1) is 11.4. The van der Waals surface area contributed by atoms with E-state index in [1.54, 1.807) is 6.07 Å². The first-order valence-electron chi connectivity index (χ1n) is 6.38. The lowest BCUT2D eigenvalue weighted by Gasteiger charge is -2.06. The molecule has 0 amide bonds. The number of hydrogen-bond acceptors (Lipinski definition) is 4. The third-order valence-electron chi connectivity index (χ3n) is 3.14. The molecule has 0 aliphatic rings. The summed E-state index contributed by atoms with van der Waals surface area (Å²) in [7, 11) is 0. The van der Waals surface area contributed by atoms with Crippen molar-refractivity contribution in [2.75, 3.05) is 0 Å². The normalized spacial score (nSPS) is 10.8. The van der Waals surface area contributed by atoms with E-state index in [0.717, 1.165) is 0 Å². The van der Waals surface area contributed by atoms with E-state index >= 15 is 0 Å². The summed E-state index contributed by atoms with van der Waals surface area (Å²) >= 11 is 23.9. The molecule has 2 aromatic heterocycles. The quantitative estimate of drug-likeness (QED) is 0.566. The maximum atomic E-state index is 11.7. The number of carboxylic acid groups (broad SMARTS) is 1. The lowest BCUT2D eigenvalue weighted by molar-refractivity contribution is 0.0698. The topological polar surface area (TPSA) is 76.2 Å². The zero-order valence-electron chi connectivity index (χ0n) is 11.6. The second-order valence-corrected chi connectivity index (χ2v) is 6.29. The van der Waals surface area contributed by atoms with Crippen molar-refractivity contribution in [1.82, 2.24) is 10.1 Å². The van der Waals surface area contributed by atoms with Gasteiger partial charge in [0.1, 0.15) is 16.4 Å². The van der Waals surface area contributed by atoms with Crippen LogP contribution in [-0.4, -0.2) is 21.2 Å². The van der Waals surface area contributed by atoms with Crippen LogP contribution < -0.4 is 0 Å². The Morgan fingerprint density at radius 1 is 1.08 bits per heavy atom. The Labute approximate surface area is 155 Å². The van der Waals surface area contributed by atoms with E-state index in [4.69, 9.17) is 50.9 Å². The number of aromatic carboxylic acids is 1. The second-order valence-electron chi connectivity index (χ2n) is 4.65. The number of halogens is 4. The summed E-state index contributed by atoms with van der Waals surface area (Å²) in [6, 6.07) is 5.95. The molecule has 0 aliphatic carbocycles. The second kappa shape index (κ2) is 6.61. The van der Waals surface area contributed by atoms with Crippen LogP contribution in [-0.2, 0) is 0 Å². The van der Waals surface area contributed by atoms with Crippen LogP contribution in [0.15, 0.2) is 35.0 Å². The highest BCUT2D eigenvalue weighted by atomic mass is 35.5. The van der Waals surface area contributed by atoms with E-state index in [9.17, 15) is 9.90 Å². The fourth-order valence-electron chi connectivity index (χ4n) is 2.13. The van der Waals surface area contributed by atoms with Crippen LogP contribution in [0.5, 0.6) is 0 Å². The smallest absolute Gasteiger partial charge is 0.342 e. The average molecular weight is 404 g/mol. The molecule has 3 rings (SSSR count). The van der Waals surface area contributed by atoms with Gasteiger partial charge in [-0.15, -0.1) is 0 Å². The summed E-state index contributed by atoms with van der Waals surface area (Å²) in [6.45, 7) is 0. The Bertz CT molecular complexity index is 915. The minimum Gasteiger partial charge on any atom is -0.477 e. The maximum Gasteiger partial charge on any atom is 0.342 e. The number of carbonyl (C=O) groups is 1. The summed E-state index contributed by atoms with van der Waals surface area (Å²) in [5.41, 5.74) is 0.429. The molecule has 0 aliphatic heterocycles. The van der Waals surface area contributed by atoms with Crippen LogP contribution in [0.4, 0.5) is 0 Å². The average Bonchev–Trinajstić information content (AvgIpc) is 2.91. The first kappa shape index (κ1) is 17.0. The standard InChI is InChI=1S/C15H6Cl4N2O3/c16-7-3-8(17)11(9(18)4-7)13-12(15(22)23)14(24-21-13)6-1-2-10(19)20-5-6/h1-5H,(H,22,23). The molecule has 0 bridgehead atoms. The van der Waals surface area contributed by atoms with Crippen LogP contribution in [0.3, 0.4) is 0 Å². The number of carboxylic acids is 1. The van der Waals surface area contributed by atoms with Gasteiger partial charge in [0.25, 0.3) is 0 Å². The maximum absolute atomic E-state index is 11.7.